The molecule has 0 spiro atoms. The van der Waals surface area contributed by atoms with Crippen LogP contribution in [0.1, 0.15) is 22.6 Å². The number of benzene rings is 3. The number of amides is 1. The normalized spacial score (nSPS) is 12.2. The highest BCUT2D eigenvalue weighted by atomic mass is 79.9. The van der Waals surface area contributed by atoms with Crippen molar-refractivity contribution in [3.8, 4) is 11.1 Å². The van der Waals surface area contributed by atoms with Gasteiger partial charge in [0.1, 0.15) is 6.61 Å². The fraction of sp³-hybridized carbons (Fsp3) is 0.130. The fourth-order valence-corrected chi connectivity index (χ4v) is 4.20. The molecule has 3 aromatic carbocycles. The number of carbonyl (C=O) groups is 2. The number of hydrogen-bond acceptors (Lipinski definition) is 3. The zero-order chi connectivity index (χ0) is 20.4. The molecule has 6 heteroatoms. The number of halogens is 1. The second-order valence-corrected chi connectivity index (χ2v) is 7.68. The Morgan fingerprint density at radius 3 is 2.17 bits per heavy atom. The first-order valence-corrected chi connectivity index (χ1v) is 9.94. The Balaban J connectivity index is 1.44. The topological polar surface area (TPSA) is 75.6 Å². The molecule has 1 aliphatic rings. The molecule has 0 bridgehead atoms. The predicted molar refractivity (Wildman–Crippen MR) is 114 cm³/mol. The van der Waals surface area contributed by atoms with Crippen molar-refractivity contribution in [2.45, 2.75) is 12.3 Å². The lowest BCUT2D eigenvalue weighted by atomic mass is 9.98. The first-order chi connectivity index (χ1) is 14.0. The van der Waals surface area contributed by atoms with Crippen LogP contribution in [0.15, 0.2) is 71.2 Å². The van der Waals surface area contributed by atoms with E-state index in [1.165, 1.54) is 11.1 Å². The number of hydrogen-bond donors (Lipinski definition) is 2. The van der Waals surface area contributed by atoms with Crippen molar-refractivity contribution in [3.05, 3.63) is 87.9 Å². The molecule has 2 N–H and O–H groups in total. The number of aliphatic carboxylic acids is 1. The van der Waals surface area contributed by atoms with E-state index in [-0.39, 0.29) is 18.9 Å². The van der Waals surface area contributed by atoms with Crippen LogP contribution in [-0.2, 0) is 16.0 Å². The Kier molecular flexibility index (Phi) is 5.36. The average Bonchev–Trinajstić information content (AvgIpc) is 3.02. The van der Waals surface area contributed by atoms with Gasteiger partial charge in [0.05, 0.1) is 6.42 Å². The van der Waals surface area contributed by atoms with E-state index in [2.05, 4.69) is 45.5 Å². The van der Waals surface area contributed by atoms with E-state index in [1.807, 2.05) is 24.3 Å². The number of carboxylic acid groups (broad SMARTS) is 1. The van der Waals surface area contributed by atoms with Crippen molar-refractivity contribution in [2.75, 3.05) is 11.9 Å². The third-order valence-corrected chi connectivity index (χ3v) is 5.72. The standard InChI is InChI=1S/C23H18BrNO4/c24-21-12-15(10-9-14(21)11-22(26)27)25-23(28)29-13-20-18-7-3-1-5-16(18)17-6-2-4-8-19(17)20/h1-10,12,20H,11,13H2,(H,25,28)(H,26,27). The molecule has 0 aliphatic heterocycles. The van der Waals surface area contributed by atoms with E-state index in [1.54, 1.807) is 18.2 Å². The highest BCUT2D eigenvalue weighted by molar-refractivity contribution is 9.10. The van der Waals surface area contributed by atoms with Gasteiger partial charge in [0.2, 0.25) is 0 Å². The van der Waals surface area contributed by atoms with Gasteiger partial charge in [-0.3, -0.25) is 10.1 Å². The van der Waals surface area contributed by atoms with Crippen molar-refractivity contribution < 1.29 is 19.4 Å². The van der Waals surface area contributed by atoms with Crippen LogP contribution in [0.3, 0.4) is 0 Å². The zero-order valence-electron chi connectivity index (χ0n) is 15.4. The molecule has 0 saturated carbocycles. The number of carboxylic acids is 1. The van der Waals surface area contributed by atoms with E-state index in [9.17, 15) is 9.59 Å². The zero-order valence-corrected chi connectivity index (χ0v) is 17.0. The molecule has 1 amide bonds. The third kappa shape index (κ3) is 4.03. The molecule has 5 nitrogen and oxygen atoms in total. The van der Waals surface area contributed by atoms with Crippen molar-refractivity contribution in [1.82, 2.24) is 0 Å². The number of anilines is 1. The minimum absolute atomic E-state index is 0.00201. The van der Waals surface area contributed by atoms with Gasteiger partial charge in [-0.25, -0.2) is 4.79 Å². The summed E-state index contributed by atoms with van der Waals surface area (Å²) in [7, 11) is 0. The smallest absolute Gasteiger partial charge is 0.411 e. The first-order valence-electron chi connectivity index (χ1n) is 9.15. The Labute approximate surface area is 176 Å². The highest BCUT2D eigenvalue weighted by Crippen LogP contribution is 2.44. The Morgan fingerprint density at radius 2 is 1.59 bits per heavy atom. The Hall–Kier alpha value is -3.12. The summed E-state index contributed by atoms with van der Waals surface area (Å²) < 4.78 is 6.14. The van der Waals surface area contributed by atoms with Gasteiger partial charge < -0.3 is 9.84 Å². The molecule has 0 unspecified atom stereocenters. The summed E-state index contributed by atoms with van der Waals surface area (Å²) in [6.45, 7) is 0.234. The number of ether oxygens (including phenoxy) is 1. The molecule has 0 aromatic heterocycles. The SMILES string of the molecule is O=C(O)Cc1ccc(NC(=O)OCC2c3ccccc3-c3ccccc32)cc1Br. The molecule has 3 aromatic rings. The summed E-state index contributed by atoms with van der Waals surface area (Å²) in [6.07, 6.45) is -0.643. The Bertz CT molecular complexity index is 1050. The van der Waals surface area contributed by atoms with E-state index >= 15 is 0 Å². The number of nitrogens with one attached hydrogen (secondary N) is 1. The largest absolute Gasteiger partial charge is 0.481 e. The number of fused-ring (bicyclic) bond motifs is 3. The van der Waals surface area contributed by atoms with E-state index in [0.717, 1.165) is 11.1 Å². The van der Waals surface area contributed by atoms with Gasteiger partial charge in [-0.05, 0) is 39.9 Å². The van der Waals surface area contributed by atoms with Crippen molar-refractivity contribution in [2.24, 2.45) is 0 Å². The first kappa shape index (κ1) is 19.2. The van der Waals surface area contributed by atoms with Gasteiger partial charge in [-0.15, -0.1) is 0 Å². The van der Waals surface area contributed by atoms with Gasteiger partial charge in [-0.1, -0.05) is 70.5 Å². The molecule has 0 heterocycles. The van der Waals surface area contributed by atoms with Crippen LogP contribution in [0, 0.1) is 0 Å². The maximum atomic E-state index is 12.3. The minimum atomic E-state index is -0.914. The lowest BCUT2D eigenvalue weighted by Gasteiger charge is -2.15. The summed E-state index contributed by atoms with van der Waals surface area (Å²) in [4.78, 5) is 23.2. The summed E-state index contributed by atoms with van der Waals surface area (Å²) in [5.41, 5.74) is 5.83. The number of carbonyl (C=O) groups excluding carboxylic acids is 1. The van der Waals surface area contributed by atoms with Crippen LogP contribution in [0.25, 0.3) is 11.1 Å². The van der Waals surface area contributed by atoms with E-state index in [4.69, 9.17) is 9.84 Å². The molecule has 29 heavy (non-hydrogen) atoms. The minimum Gasteiger partial charge on any atom is -0.481 e. The molecule has 1 aliphatic carbocycles. The van der Waals surface area contributed by atoms with E-state index in [0.29, 0.717) is 15.7 Å². The van der Waals surface area contributed by atoms with Crippen LogP contribution in [-0.4, -0.2) is 23.8 Å². The van der Waals surface area contributed by atoms with Crippen LogP contribution in [0.4, 0.5) is 10.5 Å². The van der Waals surface area contributed by atoms with Crippen molar-refractivity contribution in [1.29, 1.82) is 0 Å². The summed E-state index contributed by atoms with van der Waals surface area (Å²) >= 11 is 3.34. The van der Waals surface area contributed by atoms with Gasteiger partial charge >= 0.3 is 12.1 Å². The molecule has 0 saturated heterocycles. The molecular formula is C23H18BrNO4. The molecule has 0 radical (unpaired) electrons. The molecule has 0 atom stereocenters. The van der Waals surface area contributed by atoms with Crippen LogP contribution in [0.5, 0.6) is 0 Å². The van der Waals surface area contributed by atoms with Crippen LogP contribution >= 0.6 is 15.9 Å². The van der Waals surface area contributed by atoms with Crippen molar-refractivity contribution in [3.63, 3.8) is 0 Å². The van der Waals surface area contributed by atoms with Gasteiger partial charge in [0.25, 0.3) is 0 Å². The van der Waals surface area contributed by atoms with Crippen LogP contribution in [0.2, 0.25) is 0 Å². The molecule has 0 fully saturated rings. The second kappa shape index (κ2) is 8.09. The summed E-state index contributed by atoms with van der Waals surface area (Å²) in [5.74, 6) is -0.916. The summed E-state index contributed by atoms with van der Waals surface area (Å²) in [5, 5.41) is 11.6. The summed E-state index contributed by atoms with van der Waals surface area (Å²) in [6, 6.07) is 21.3. The second-order valence-electron chi connectivity index (χ2n) is 6.83. The van der Waals surface area contributed by atoms with Crippen molar-refractivity contribution >= 4 is 33.7 Å². The molecule has 4 rings (SSSR count). The average molecular weight is 452 g/mol. The molecular weight excluding hydrogens is 434 g/mol. The molecule has 146 valence electrons. The van der Waals surface area contributed by atoms with Gasteiger partial charge in [0.15, 0.2) is 0 Å². The monoisotopic (exact) mass is 451 g/mol. The lowest BCUT2D eigenvalue weighted by Crippen LogP contribution is -2.18. The maximum absolute atomic E-state index is 12.3. The third-order valence-electron chi connectivity index (χ3n) is 4.98. The predicted octanol–water partition coefficient (Wildman–Crippen LogP) is 5.44. The Morgan fingerprint density at radius 1 is 0.966 bits per heavy atom. The van der Waals surface area contributed by atoms with E-state index < -0.39 is 12.1 Å². The van der Waals surface area contributed by atoms with Gasteiger partial charge in [-0.2, -0.15) is 0 Å². The van der Waals surface area contributed by atoms with Crippen LogP contribution < -0.4 is 5.32 Å². The van der Waals surface area contributed by atoms with Gasteiger partial charge in [0, 0.05) is 16.1 Å². The fourth-order valence-electron chi connectivity index (χ4n) is 3.68. The lowest BCUT2D eigenvalue weighted by molar-refractivity contribution is -0.136. The quantitative estimate of drug-likeness (QED) is 0.541. The maximum Gasteiger partial charge on any atom is 0.411 e. The number of rotatable bonds is 5. The highest BCUT2D eigenvalue weighted by Gasteiger charge is 2.29.